The molecule has 1 fully saturated rings. The van der Waals surface area contributed by atoms with Gasteiger partial charge in [-0.2, -0.15) is 0 Å². The molecule has 0 aromatic heterocycles. The highest BCUT2D eigenvalue weighted by atomic mass is 32.2. The normalized spacial score (nSPS) is 22.2. The van der Waals surface area contributed by atoms with Crippen molar-refractivity contribution in [1.82, 2.24) is 0 Å². The molecule has 4 nitrogen and oxygen atoms in total. The van der Waals surface area contributed by atoms with Crippen LogP contribution in [0.4, 0.5) is 4.79 Å². The number of para-hydroxylation sites is 1. The van der Waals surface area contributed by atoms with Crippen LogP contribution in [0.1, 0.15) is 6.42 Å². The molecule has 17 heavy (non-hydrogen) atoms. The van der Waals surface area contributed by atoms with E-state index in [1.807, 2.05) is 6.07 Å². The summed E-state index contributed by atoms with van der Waals surface area (Å²) in [5.74, 6) is 0.719. The van der Waals surface area contributed by atoms with Crippen LogP contribution in [0.15, 0.2) is 30.3 Å². The Morgan fingerprint density at radius 1 is 1.29 bits per heavy atom. The van der Waals surface area contributed by atoms with E-state index in [1.54, 1.807) is 24.3 Å². The van der Waals surface area contributed by atoms with Crippen molar-refractivity contribution >= 4 is 26.9 Å². The number of hydrogen-bond acceptors (Lipinski definition) is 5. The Morgan fingerprint density at radius 2 is 2.00 bits per heavy atom. The summed E-state index contributed by atoms with van der Waals surface area (Å²) in [6.45, 7) is 0. The summed E-state index contributed by atoms with van der Waals surface area (Å²) in [6, 6.07) is 8.74. The number of ether oxygens (including phenoxy) is 1. The Balaban J connectivity index is 1.87. The first-order chi connectivity index (χ1) is 8.05. The molecule has 0 saturated carbocycles. The molecule has 1 atom stereocenters. The Kier molecular flexibility index (Phi) is 3.73. The first-order valence-electron chi connectivity index (χ1n) is 5.19. The molecule has 0 spiro atoms. The fourth-order valence-electron chi connectivity index (χ4n) is 1.60. The second-order valence-corrected chi connectivity index (χ2v) is 7.27. The quantitative estimate of drug-likeness (QED) is 0.772. The second kappa shape index (κ2) is 5.10. The molecule has 2 rings (SSSR count). The summed E-state index contributed by atoms with van der Waals surface area (Å²) >= 11 is 0.964. The van der Waals surface area contributed by atoms with E-state index < -0.39 is 15.1 Å². The van der Waals surface area contributed by atoms with E-state index in [4.69, 9.17) is 4.74 Å². The monoisotopic (exact) mass is 272 g/mol. The van der Waals surface area contributed by atoms with Gasteiger partial charge in [0, 0.05) is 5.25 Å². The number of hydrogen-bond donors (Lipinski definition) is 0. The minimum Gasteiger partial charge on any atom is -0.418 e. The van der Waals surface area contributed by atoms with Crippen LogP contribution in [0, 0.1) is 0 Å². The van der Waals surface area contributed by atoms with Crippen molar-refractivity contribution in [2.45, 2.75) is 11.7 Å². The summed E-state index contributed by atoms with van der Waals surface area (Å²) in [4.78, 5) is 11.5. The van der Waals surface area contributed by atoms with E-state index in [0.717, 1.165) is 11.8 Å². The Bertz CT molecular complexity index is 495. The molecular formula is C11H12O4S2. The van der Waals surface area contributed by atoms with E-state index in [-0.39, 0.29) is 16.8 Å². The molecule has 1 aromatic carbocycles. The summed E-state index contributed by atoms with van der Waals surface area (Å²) in [5, 5.41) is -0.616. The van der Waals surface area contributed by atoms with Crippen LogP contribution >= 0.6 is 11.8 Å². The van der Waals surface area contributed by atoms with Gasteiger partial charge in [0.1, 0.15) is 5.75 Å². The summed E-state index contributed by atoms with van der Waals surface area (Å²) in [7, 11) is -2.94. The molecule has 1 saturated heterocycles. The molecule has 0 radical (unpaired) electrons. The first kappa shape index (κ1) is 12.4. The van der Waals surface area contributed by atoms with Gasteiger partial charge in [0.15, 0.2) is 9.84 Å². The molecule has 0 amide bonds. The molecule has 1 aromatic rings. The molecule has 0 N–H and O–H groups in total. The number of rotatable bonds is 2. The van der Waals surface area contributed by atoms with E-state index in [1.165, 1.54) is 0 Å². The van der Waals surface area contributed by atoms with Crippen molar-refractivity contribution in [1.29, 1.82) is 0 Å². The number of carbonyl (C=O) groups is 1. The summed E-state index contributed by atoms with van der Waals surface area (Å²) in [6.07, 6.45) is 0.525. The van der Waals surface area contributed by atoms with Crippen molar-refractivity contribution in [3.05, 3.63) is 30.3 Å². The largest absolute Gasteiger partial charge is 0.418 e. The Hall–Kier alpha value is -1.01. The fourth-order valence-corrected chi connectivity index (χ4v) is 4.84. The third kappa shape index (κ3) is 3.74. The maximum absolute atomic E-state index is 11.5. The lowest BCUT2D eigenvalue weighted by molar-refractivity contribution is 0.227. The minimum absolute atomic E-state index is 0.0710. The van der Waals surface area contributed by atoms with Gasteiger partial charge < -0.3 is 4.74 Å². The maximum Gasteiger partial charge on any atom is 0.373 e. The van der Waals surface area contributed by atoms with Crippen LogP contribution in [-0.4, -0.2) is 30.5 Å². The third-order valence-electron chi connectivity index (χ3n) is 2.40. The molecule has 1 aliphatic heterocycles. The van der Waals surface area contributed by atoms with Gasteiger partial charge in [0.2, 0.25) is 0 Å². The van der Waals surface area contributed by atoms with Crippen LogP contribution in [0.3, 0.4) is 0 Å². The lowest BCUT2D eigenvalue weighted by atomic mass is 10.3. The third-order valence-corrected chi connectivity index (χ3v) is 5.39. The van der Waals surface area contributed by atoms with E-state index in [9.17, 15) is 13.2 Å². The molecule has 6 heteroatoms. The molecule has 1 aliphatic rings. The fraction of sp³-hybridized carbons (Fsp3) is 0.364. The van der Waals surface area contributed by atoms with Crippen LogP contribution in [-0.2, 0) is 9.84 Å². The van der Waals surface area contributed by atoms with Gasteiger partial charge in [-0.1, -0.05) is 18.2 Å². The Labute approximate surface area is 104 Å². The standard InChI is InChI=1S/C11H12O4S2/c12-11(15-9-4-2-1-3-5-9)16-10-6-7-17(13,14)8-10/h1-5,10H,6-8H2/t10-/m1/s1. The zero-order chi connectivity index (χ0) is 12.3. The average molecular weight is 272 g/mol. The van der Waals surface area contributed by atoms with Gasteiger partial charge in [0.25, 0.3) is 0 Å². The average Bonchev–Trinajstić information content (AvgIpc) is 2.59. The molecule has 0 unspecified atom stereocenters. The number of sulfone groups is 1. The molecule has 92 valence electrons. The van der Waals surface area contributed by atoms with Crippen molar-refractivity contribution in [3.63, 3.8) is 0 Å². The van der Waals surface area contributed by atoms with Gasteiger partial charge in [-0.25, -0.2) is 13.2 Å². The van der Waals surface area contributed by atoms with Gasteiger partial charge in [-0.05, 0) is 30.3 Å². The predicted octanol–water partition coefficient (Wildman–Crippen LogP) is 2.11. The van der Waals surface area contributed by atoms with Crippen molar-refractivity contribution < 1.29 is 17.9 Å². The van der Waals surface area contributed by atoms with Crippen molar-refractivity contribution in [3.8, 4) is 5.75 Å². The molecular weight excluding hydrogens is 260 g/mol. The number of carbonyl (C=O) groups excluding carboxylic acids is 1. The molecule has 0 bridgehead atoms. The van der Waals surface area contributed by atoms with Gasteiger partial charge in [-0.3, -0.25) is 0 Å². The zero-order valence-electron chi connectivity index (χ0n) is 9.03. The van der Waals surface area contributed by atoms with Crippen LogP contribution < -0.4 is 4.74 Å². The van der Waals surface area contributed by atoms with Crippen LogP contribution in [0.5, 0.6) is 5.75 Å². The van der Waals surface area contributed by atoms with E-state index in [2.05, 4.69) is 0 Å². The zero-order valence-corrected chi connectivity index (χ0v) is 10.7. The molecule has 0 aliphatic carbocycles. The van der Waals surface area contributed by atoms with E-state index in [0.29, 0.717) is 12.2 Å². The van der Waals surface area contributed by atoms with Crippen molar-refractivity contribution in [2.75, 3.05) is 11.5 Å². The van der Waals surface area contributed by atoms with Crippen molar-refractivity contribution in [2.24, 2.45) is 0 Å². The Morgan fingerprint density at radius 3 is 2.59 bits per heavy atom. The maximum atomic E-state index is 11.5. The smallest absolute Gasteiger partial charge is 0.373 e. The SMILES string of the molecule is O=C(Oc1ccccc1)S[C@@H]1CCS(=O)(=O)C1. The summed E-state index contributed by atoms with van der Waals surface area (Å²) < 4.78 is 27.5. The lowest BCUT2D eigenvalue weighted by Gasteiger charge is -2.06. The van der Waals surface area contributed by atoms with Gasteiger partial charge >= 0.3 is 5.30 Å². The number of benzene rings is 1. The molecule has 1 heterocycles. The first-order valence-corrected chi connectivity index (χ1v) is 7.89. The minimum atomic E-state index is -2.94. The van der Waals surface area contributed by atoms with Gasteiger partial charge in [-0.15, -0.1) is 0 Å². The topological polar surface area (TPSA) is 60.4 Å². The van der Waals surface area contributed by atoms with Crippen LogP contribution in [0.25, 0.3) is 0 Å². The lowest BCUT2D eigenvalue weighted by Crippen LogP contribution is -2.11. The predicted molar refractivity (Wildman–Crippen MR) is 67.1 cm³/mol. The summed E-state index contributed by atoms with van der Waals surface area (Å²) in [5.41, 5.74) is 0. The number of thioether (sulfide) groups is 1. The van der Waals surface area contributed by atoms with E-state index >= 15 is 0 Å². The second-order valence-electron chi connectivity index (χ2n) is 3.81. The van der Waals surface area contributed by atoms with Crippen LogP contribution in [0.2, 0.25) is 0 Å². The highest BCUT2D eigenvalue weighted by Gasteiger charge is 2.30. The highest BCUT2D eigenvalue weighted by molar-refractivity contribution is 8.14. The highest BCUT2D eigenvalue weighted by Crippen LogP contribution is 2.26. The van der Waals surface area contributed by atoms with Gasteiger partial charge in [0.05, 0.1) is 11.5 Å².